The smallest absolute Gasteiger partial charge is 0.153 e. The van der Waals surface area contributed by atoms with Crippen molar-refractivity contribution in [1.82, 2.24) is 15.2 Å². The summed E-state index contributed by atoms with van der Waals surface area (Å²) < 4.78 is 1.19. The van der Waals surface area contributed by atoms with Crippen molar-refractivity contribution in [3.63, 3.8) is 0 Å². The molecular formula is C16H12N4S. The zero-order chi connectivity index (χ0) is 14.2. The molecule has 2 heterocycles. The van der Waals surface area contributed by atoms with Crippen molar-refractivity contribution in [2.75, 3.05) is 5.73 Å². The third-order valence-corrected chi connectivity index (χ3v) is 4.49. The summed E-state index contributed by atoms with van der Waals surface area (Å²) in [6.07, 6.45) is 0.674. The first kappa shape index (κ1) is 12.2. The molecule has 0 aliphatic heterocycles. The summed E-state index contributed by atoms with van der Waals surface area (Å²) in [7, 11) is 0. The lowest BCUT2D eigenvalue weighted by atomic mass is 10.1. The topological polar surface area (TPSA) is 64.7 Å². The summed E-state index contributed by atoms with van der Waals surface area (Å²) in [6, 6.07) is 16.1. The Morgan fingerprint density at radius 2 is 1.67 bits per heavy atom. The molecule has 5 heteroatoms. The molecule has 0 radical (unpaired) electrons. The van der Waals surface area contributed by atoms with E-state index < -0.39 is 0 Å². The lowest BCUT2D eigenvalue weighted by Gasteiger charge is -2.04. The van der Waals surface area contributed by atoms with Gasteiger partial charge in [0.1, 0.15) is 0 Å². The van der Waals surface area contributed by atoms with E-state index in [2.05, 4.69) is 21.2 Å². The molecule has 4 aromatic rings. The van der Waals surface area contributed by atoms with Crippen LogP contribution in [0.3, 0.4) is 0 Å². The van der Waals surface area contributed by atoms with Gasteiger partial charge < -0.3 is 5.73 Å². The van der Waals surface area contributed by atoms with E-state index in [9.17, 15) is 0 Å². The average Bonchev–Trinajstić information content (AvgIpc) is 2.93. The van der Waals surface area contributed by atoms with Gasteiger partial charge in [0.2, 0.25) is 0 Å². The minimum Gasteiger partial charge on any atom is -0.382 e. The van der Waals surface area contributed by atoms with E-state index in [4.69, 9.17) is 5.73 Å². The second kappa shape index (κ2) is 4.79. The molecule has 0 unspecified atom stereocenters. The maximum absolute atomic E-state index is 5.89. The molecule has 0 aliphatic rings. The number of fused-ring (bicyclic) bond motifs is 2. The Morgan fingerprint density at radius 3 is 2.52 bits per heavy atom. The van der Waals surface area contributed by atoms with Crippen LogP contribution in [0.1, 0.15) is 10.7 Å². The van der Waals surface area contributed by atoms with Gasteiger partial charge in [-0.2, -0.15) is 5.10 Å². The first-order valence-electron chi connectivity index (χ1n) is 6.65. The van der Waals surface area contributed by atoms with Gasteiger partial charge in [-0.3, -0.25) is 0 Å². The standard InChI is InChI=1S/C16H12N4S/c17-16-11-6-2-1-5-10(11)13(19-20-16)9-15-18-12-7-3-4-8-14(12)21-15/h1-8H,9H2,(H2,17,20). The van der Waals surface area contributed by atoms with Crippen LogP contribution >= 0.6 is 11.3 Å². The fraction of sp³-hybridized carbons (Fsp3) is 0.0625. The van der Waals surface area contributed by atoms with Crippen molar-refractivity contribution in [2.24, 2.45) is 0 Å². The minimum absolute atomic E-state index is 0.471. The van der Waals surface area contributed by atoms with Crippen LogP contribution in [0, 0.1) is 0 Å². The van der Waals surface area contributed by atoms with Gasteiger partial charge in [-0.25, -0.2) is 4.98 Å². The number of anilines is 1. The highest BCUT2D eigenvalue weighted by Crippen LogP contribution is 2.26. The second-order valence-corrected chi connectivity index (χ2v) is 5.94. The van der Waals surface area contributed by atoms with Gasteiger partial charge in [-0.05, 0) is 12.1 Å². The molecule has 0 bridgehead atoms. The number of aromatic nitrogens is 3. The Morgan fingerprint density at radius 1 is 0.905 bits per heavy atom. The molecule has 2 N–H and O–H groups in total. The fourth-order valence-electron chi connectivity index (χ4n) is 2.45. The summed E-state index contributed by atoms with van der Waals surface area (Å²) >= 11 is 1.69. The van der Waals surface area contributed by atoms with Gasteiger partial charge in [0.15, 0.2) is 5.82 Å². The number of hydrogen-bond acceptors (Lipinski definition) is 5. The van der Waals surface area contributed by atoms with Crippen molar-refractivity contribution in [1.29, 1.82) is 0 Å². The predicted octanol–water partition coefficient (Wildman–Crippen LogP) is 3.41. The zero-order valence-electron chi connectivity index (χ0n) is 11.2. The molecule has 0 amide bonds. The first-order chi connectivity index (χ1) is 10.3. The van der Waals surface area contributed by atoms with Crippen molar-refractivity contribution >= 4 is 38.1 Å². The molecule has 4 nitrogen and oxygen atoms in total. The first-order valence-corrected chi connectivity index (χ1v) is 7.47. The third kappa shape index (κ3) is 2.11. The van der Waals surface area contributed by atoms with Crippen molar-refractivity contribution in [3.05, 3.63) is 59.2 Å². The third-order valence-electron chi connectivity index (χ3n) is 3.45. The molecule has 2 aromatic carbocycles. The summed E-state index contributed by atoms with van der Waals surface area (Å²) in [5.74, 6) is 0.471. The Bertz CT molecular complexity index is 912. The average molecular weight is 292 g/mol. The Balaban J connectivity index is 1.82. The molecule has 0 saturated heterocycles. The van der Waals surface area contributed by atoms with Gasteiger partial charge >= 0.3 is 0 Å². The largest absolute Gasteiger partial charge is 0.382 e. The van der Waals surface area contributed by atoms with Gasteiger partial charge in [-0.15, -0.1) is 16.4 Å². The molecular weight excluding hydrogens is 280 g/mol. The van der Waals surface area contributed by atoms with Crippen LogP contribution in [0.15, 0.2) is 48.5 Å². The van der Waals surface area contributed by atoms with E-state index in [0.29, 0.717) is 12.2 Å². The minimum atomic E-state index is 0.471. The van der Waals surface area contributed by atoms with Gasteiger partial charge in [0, 0.05) is 17.2 Å². The Hall–Kier alpha value is -2.53. The number of thiazole rings is 1. The Kier molecular flexibility index (Phi) is 2.79. The van der Waals surface area contributed by atoms with Crippen LogP contribution in [0.5, 0.6) is 0 Å². The lowest BCUT2D eigenvalue weighted by molar-refractivity contribution is 0.960. The number of nitrogens with two attached hydrogens (primary N) is 1. The molecule has 0 spiro atoms. The molecule has 21 heavy (non-hydrogen) atoms. The highest BCUT2D eigenvalue weighted by atomic mass is 32.1. The van der Waals surface area contributed by atoms with E-state index >= 15 is 0 Å². The maximum Gasteiger partial charge on any atom is 0.153 e. The number of benzene rings is 2. The maximum atomic E-state index is 5.89. The number of nitrogen functional groups attached to an aromatic ring is 1. The van der Waals surface area contributed by atoms with E-state index in [1.165, 1.54) is 4.70 Å². The number of para-hydroxylation sites is 1. The zero-order valence-corrected chi connectivity index (χ0v) is 12.0. The molecule has 0 aliphatic carbocycles. The van der Waals surface area contributed by atoms with Crippen LogP contribution in [0.25, 0.3) is 21.0 Å². The van der Waals surface area contributed by atoms with Gasteiger partial charge in [-0.1, -0.05) is 36.4 Å². The highest BCUT2D eigenvalue weighted by Gasteiger charge is 2.10. The van der Waals surface area contributed by atoms with Crippen LogP contribution in [-0.2, 0) is 6.42 Å². The SMILES string of the molecule is Nc1nnc(Cc2nc3ccccc3s2)c2ccccc12. The summed E-state index contributed by atoms with van der Waals surface area (Å²) in [6.45, 7) is 0. The van der Waals surface area contributed by atoms with Crippen LogP contribution < -0.4 is 5.73 Å². The van der Waals surface area contributed by atoms with Crippen LogP contribution in [0.2, 0.25) is 0 Å². The number of nitrogens with zero attached hydrogens (tertiary/aromatic N) is 3. The molecule has 0 fully saturated rings. The van der Waals surface area contributed by atoms with Gasteiger partial charge in [0.25, 0.3) is 0 Å². The number of rotatable bonds is 2. The highest BCUT2D eigenvalue weighted by molar-refractivity contribution is 7.18. The summed E-state index contributed by atoms with van der Waals surface area (Å²) in [5, 5.41) is 11.4. The van der Waals surface area contributed by atoms with Gasteiger partial charge in [0.05, 0.1) is 20.9 Å². The molecule has 102 valence electrons. The van der Waals surface area contributed by atoms with Crippen molar-refractivity contribution in [3.8, 4) is 0 Å². The summed E-state index contributed by atoms with van der Waals surface area (Å²) in [5.41, 5.74) is 7.84. The number of hydrogen-bond donors (Lipinski definition) is 1. The second-order valence-electron chi connectivity index (χ2n) is 4.83. The van der Waals surface area contributed by atoms with Crippen molar-refractivity contribution < 1.29 is 0 Å². The lowest BCUT2D eigenvalue weighted by Crippen LogP contribution is -2.00. The van der Waals surface area contributed by atoms with E-state index in [-0.39, 0.29) is 0 Å². The monoisotopic (exact) mass is 292 g/mol. The van der Waals surface area contributed by atoms with Crippen molar-refractivity contribution in [2.45, 2.75) is 6.42 Å². The van der Waals surface area contributed by atoms with E-state index in [1.807, 2.05) is 42.5 Å². The molecule has 0 atom stereocenters. The summed E-state index contributed by atoms with van der Waals surface area (Å²) in [4.78, 5) is 4.66. The van der Waals surface area contributed by atoms with E-state index in [1.54, 1.807) is 11.3 Å². The predicted molar refractivity (Wildman–Crippen MR) is 86.4 cm³/mol. The molecule has 4 rings (SSSR count). The van der Waals surface area contributed by atoms with E-state index in [0.717, 1.165) is 27.0 Å². The quantitative estimate of drug-likeness (QED) is 0.615. The normalized spacial score (nSPS) is 11.2. The van der Waals surface area contributed by atoms with Crippen LogP contribution in [-0.4, -0.2) is 15.2 Å². The molecule has 0 saturated carbocycles. The fourth-order valence-corrected chi connectivity index (χ4v) is 3.42. The Labute approximate surface area is 125 Å². The van der Waals surface area contributed by atoms with Crippen LogP contribution in [0.4, 0.5) is 5.82 Å². The molecule has 2 aromatic heterocycles.